The molecular formula is C21H27N3O. The van der Waals surface area contributed by atoms with E-state index >= 15 is 0 Å². The summed E-state index contributed by atoms with van der Waals surface area (Å²) >= 11 is 0. The summed E-state index contributed by atoms with van der Waals surface area (Å²) in [5, 5.41) is 0.676. The summed E-state index contributed by atoms with van der Waals surface area (Å²) in [5.41, 5.74) is 1.30. The second-order valence-corrected chi connectivity index (χ2v) is 9.12. The number of benzene rings is 1. The Morgan fingerprint density at radius 1 is 1.12 bits per heavy atom. The normalized spacial score (nSPS) is 33.4. The number of hydrogen-bond acceptors (Lipinski definition) is 3. The molecule has 2 aromatic rings. The summed E-state index contributed by atoms with van der Waals surface area (Å²) in [6, 6.07) is 7.59. The third-order valence-corrected chi connectivity index (χ3v) is 6.85. The molecule has 4 fully saturated rings. The Morgan fingerprint density at radius 2 is 1.76 bits per heavy atom. The lowest BCUT2D eigenvalue weighted by Gasteiger charge is -2.57. The highest BCUT2D eigenvalue weighted by molar-refractivity contribution is 5.77. The lowest BCUT2D eigenvalue weighted by Crippen LogP contribution is -2.50. The maximum Gasteiger partial charge on any atom is 0.258 e. The zero-order valence-electron chi connectivity index (χ0n) is 15.0. The van der Waals surface area contributed by atoms with Crippen molar-refractivity contribution >= 4 is 10.9 Å². The van der Waals surface area contributed by atoms with Gasteiger partial charge >= 0.3 is 0 Å². The van der Waals surface area contributed by atoms with E-state index in [0.717, 1.165) is 42.2 Å². The molecule has 4 bridgehead atoms. The number of rotatable bonds is 4. The van der Waals surface area contributed by atoms with Gasteiger partial charge in [0.15, 0.2) is 0 Å². The molecule has 1 aromatic heterocycles. The molecule has 4 aliphatic carbocycles. The predicted octanol–water partition coefficient (Wildman–Crippen LogP) is 3.57. The van der Waals surface area contributed by atoms with Gasteiger partial charge in [-0.25, -0.2) is 4.98 Å². The van der Waals surface area contributed by atoms with Gasteiger partial charge in [-0.2, -0.15) is 0 Å². The molecule has 132 valence electrons. The van der Waals surface area contributed by atoms with Gasteiger partial charge in [0.05, 0.1) is 17.4 Å². The number of aromatic amines is 1. The molecule has 4 aliphatic rings. The number of fused-ring (bicyclic) bond motifs is 1. The van der Waals surface area contributed by atoms with Crippen LogP contribution >= 0.6 is 0 Å². The number of para-hydroxylation sites is 1. The molecule has 0 amide bonds. The van der Waals surface area contributed by atoms with Gasteiger partial charge in [-0.05, 0) is 80.9 Å². The largest absolute Gasteiger partial charge is 0.309 e. The zero-order valence-corrected chi connectivity index (χ0v) is 15.0. The molecule has 4 saturated carbocycles. The van der Waals surface area contributed by atoms with Crippen molar-refractivity contribution in [3.63, 3.8) is 0 Å². The summed E-state index contributed by atoms with van der Waals surface area (Å²) in [6.07, 6.45) is 8.73. The second-order valence-electron chi connectivity index (χ2n) is 9.12. The molecule has 0 saturated heterocycles. The van der Waals surface area contributed by atoms with Crippen LogP contribution in [0.4, 0.5) is 0 Å². The minimum atomic E-state index is -0.0243. The number of hydrogen-bond donors (Lipinski definition) is 1. The Labute approximate surface area is 148 Å². The summed E-state index contributed by atoms with van der Waals surface area (Å²) in [7, 11) is 2.19. The Morgan fingerprint density at radius 3 is 2.44 bits per heavy atom. The fraction of sp³-hybridized carbons (Fsp3) is 0.619. The van der Waals surface area contributed by atoms with Crippen LogP contribution in [0.5, 0.6) is 0 Å². The maximum atomic E-state index is 12.3. The Bertz CT molecular complexity index is 820. The molecule has 0 aliphatic heterocycles. The van der Waals surface area contributed by atoms with Crippen LogP contribution in [0.25, 0.3) is 10.9 Å². The van der Waals surface area contributed by atoms with Gasteiger partial charge < -0.3 is 4.98 Å². The maximum absolute atomic E-state index is 12.3. The molecule has 6 rings (SSSR count). The highest BCUT2D eigenvalue weighted by Crippen LogP contribution is 2.60. The first-order valence-corrected chi connectivity index (χ1v) is 9.75. The topological polar surface area (TPSA) is 49.0 Å². The smallest absolute Gasteiger partial charge is 0.258 e. The fourth-order valence-electron chi connectivity index (χ4n) is 6.58. The van der Waals surface area contributed by atoms with E-state index in [-0.39, 0.29) is 5.56 Å². The molecular weight excluding hydrogens is 310 g/mol. The van der Waals surface area contributed by atoms with Crippen LogP contribution in [-0.4, -0.2) is 28.5 Å². The average molecular weight is 337 g/mol. The minimum absolute atomic E-state index is 0.0243. The number of nitrogens with one attached hydrogen (secondary N) is 1. The van der Waals surface area contributed by atoms with E-state index in [9.17, 15) is 4.79 Å². The molecule has 4 nitrogen and oxygen atoms in total. The first kappa shape index (κ1) is 15.6. The molecule has 0 unspecified atom stereocenters. The third-order valence-electron chi connectivity index (χ3n) is 6.85. The third kappa shape index (κ3) is 2.80. The van der Waals surface area contributed by atoms with Crippen molar-refractivity contribution in [1.82, 2.24) is 14.9 Å². The van der Waals surface area contributed by atoms with Crippen LogP contribution in [0.2, 0.25) is 0 Å². The Balaban J connectivity index is 1.34. The number of H-pyrrole nitrogens is 1. The summed E-state index contributed by atoms with van der Waals surface area (Å²) in [5.74, 6) is 3.74. The van der Waals surface area contributed by atoms with Crippen molar-refractivity contribution in [2.75, 3.05) is 13.6 Å². The van der Waals surface area contributed by atoms with Crippen molar-refractivity contribution < 1.29 is 0 Å². The fourth-order valence-corrected chi connectivity index (χ4v) is 6.58. The zero-order chi connectivity index (χ0) is 17.0. The van der Waals surface area contributed by atoms with E-state index in [1.807, 2.05) is 24.3 Å². The van der Waals surface area contributed by atoms with Crippen LogP contribution in [0.3, 0.4) is 0 Å². The van der Waals surface area contributed by atoms with E-state index in [1.54, 1.807) is 0 Å². The molecule has 1 aromatic carbocycles. The van der Waals surface area contributed by atoms with Gasteiger partial charge in [0.2, 0.25) is 0 Å². The van der Waals surface area contributed by atoms with Crippen LogP contribution < -0.4 is 5.56 Å². The number of nitrogens with zero attached hydrogens (tertiary/aromatic N) is 2. The molecule has 0 atom stereocenters. The predicted molar refractivity (Wildman–Crippen MR) is 99.3 cm³/mol. The standard InChI is InChI=1S/C21H27N3O/c1-24(12-19-22-18-5-3-2-4-17(18)20(25)23-19)13-21-9-14-6-15(10-21)8-16(7-14)11-21/h2-5,14-16H,6-13H2,1H3,(H,22,23,25). The molecule has 0 spiro atoms. The average Bonchev–Trinajstić information content (AvgIpc) is 2.52. The van der Waals surface area contributed by atoms with E-state index in [2.05, 4.69) is 21.9 Å². The van der Waals surface area contributed by atoms with Gasteiger partial charge in [-0.1, -0.05) is 12.1 Å². The summed E-state index contributed by atoms with van der Waals surface area (Å²) in [6.45, 7) is 1.87. The molecule has 1 N–H and O–H groups in total. The Hall–Kier alpha value is -1.68. The van der Waals surface area contributed by atoms with Crippen molar-refractivity contribution in [2.45, 2.75) is 45.1 Å². The minimum Gasteiger partial charge on any atom is -0.309 e. The quantitative estimate of drug-likeness (QED) is 0.928. The van der Waals surface area contributed by atoms with Gasteiger partial charge in [0.25, 0.3) is 5.56 Å². The first-order valence-electron chi connectivity index (χ1n) is 9.75. The van der Waals surface area contributed by atoms with Crippen molar-refractivity contribution in [1.29, 1.82) is 0 Å². The van der Waals surface area contributed by atoms with E-state index in [0.29, 0.717) is 10.8 Å². The van der Waals surface area contributed by atoms with Crippen LogP contribution in [-0.2, 0) is 6.54 Å². The Kier molecular flexibility index (Phi) is 3.53. The van der Waals surface area contributed by atoms with Gasteiger partial charge in [0, 0.05) is 6.54 Å². The van der Waals surface area contributed by atoms with E-state index in [4.69, 9.17) is 0 Å². The van der Waals surface area contributed by atoms with Gasteiger partial charge in [-0.15, -0.1) is 0 Å². The van der Waals surface area contributed by atoms with Crippen LogP contribution in [0.1, 0.15) is 44.3 Å². The molecule has 25 heavy (non-hydrogen) atoms. The number of aromatic nitrogens is 2. The lowest BCUT2D eigenvalue weighted by atomic mass is 9.49. The van der Waals surface area contributed by atoms with Gasteiger partial charge in [0.1, 0.15) is 5.82 Å². The van der Waals surface area contributed by atoms with E-state index in [1.165, 1.54) is 38.5 Å². The lowest BCUT2D eigenvalue weighted by molar-refractivity contribution is -0.0672. The SMILES string of the molecule is CN(Cc1nc2ccccc2c(=O)[nH]1)CC12CC3CC(CC(C3)C1)C2. The molecule has 1 heterocycles. The van der Waals surface area contributed by atoms with Crippen molar-refractivity contribution in [2.24, 2.45) is 23.2 Å². The van der Waals surface area contributed by atoms with E-state index < -0.39 is 0 Å². The highest BCUT2D eigenvalue weighted by Gasteiger charge is 2.50. The van der Waals surface area contributed by atoms with Crippen LogP contribution in [0, 0.1) is 23.2 Å². The highest BCUT2D eigenvalue weighted by atomic mass is 16.1. The summed E-state index contributed by atoms with van der Waals surface area (Å²) < 4.78 is 0. The molecule has 0 radical (unpaired) electrons. The second kappa shape index (κ2) is 5.66. The van der Waals surface area contributed by atoms with Gasteiger partial charge in [-0.3, -0.25) is 9.69 Å². The first-order chi connectivity index (χ1) is 12.1. The van der Waals surface area contributed by atoms with Crippen molar-refractivity contribution in [3.8, 4) is 0 Å². The molecule has 4 heteroatoms. The van der Waals surface area contributed by atoms with Crippen molar-refractivity contribution in [3.05, 3.63) is 40.4 Å². The summed E-state index contributed by atoms with van der Waals surface area (Å²) in [4.78, 5) is 22.3. The monoisotopic (exact) mass is 337 g/mol. The van der Waals surface area contributed by atoms with Crippen LogP contribution in [0.15, 0.2) is 29.1 Å².